The Morgan fingerprint density at radius 2 is 0.444 bits per heavy atom. The second-order valence-corrected chi connectivity index (χ2v) is 17.9. The molecular weight excluding hydrogens is 1130 g/mol. The first-order valence-corrected chi connectivity index (χ1v) is 32.1. The summed E-state index contributed by atoms with van der Waals surface area (Å²) in [5.41, 5.74) is 8.03. The van der Waals surface area contributed by atoms with Crippen LogP contribution < -0.4 is 0 Å². The van der Waals surface area contributed by atoms with Crippen LogP contribution in [0.5, 0.6) is 0 Å². The predicted octanol–water partition coefficient (Wildman–Crippen LogP) is 27.7. The molecule has 0 amide bonds. The largest absolute Gasteiger partial charge is 0.358 e. The molecule has 0 atom stereocenters. The van der Waals surface area contributed by atoms with Crippen LogP contribution in [0.15, 0.2) is 182 Å². The van der Waals surface area contributed by atoms with Gasteiger partial charge in [-0.3, -0.25) is 0 Å². The van der Waals surface area contributed by atoms with Crippen molar-refractivity contribution in [3.63, 3.8) is 0 Å². The molecule has 0 N–H and O–H groups in total. The van der Waals surface area contributed by atoms with E-state index in [1.165, 1.54) is 84.7 Å². The van der Waals surface area contributed by atoms with Crippen LogP contribution in [0.25, 0.3) is 11.1 Å². The van der Waals surface area contributed by atoms with E-state index in [-0.39, 0.29) is 80.3 Å². The summed E-state index contributed by atoms with van der Waals surface area (Å²) in [6.07, 6.45) is 21.6. The van der Waals surface area contributed by atoms with Crippen molar-refractivity contribution in [3.8, 4) is 11.1 Å². The quantitative estimate of drug-likeness (QED) is 0.127. The number of rotatable bonds is 9. The van der Waals surface area contributed by atoms with Gasteiger partial charge in [0.25, 0.3) is 0 Å². The molecule has 0 bridgehead atoms. The maximum Gasteiger partial charge on any atom is 0 e. The fourth-order valence-electron chi connectivity index (χ4n) is 7.43. The van der Waals surface area contributed by atoms with Crippen molar-refractivity contribution < 1.29 is 65.4 Å². The molecule has 2 aliphatic rings. The SMILES string of the molecule is C1CCC(CC2CCCCC2)CC1.CC.CC.CC.CC.CC.CC.CC.CC.CCC(C)C.CCC(C)C.[CH3-].[CH3-].[Y].[Y].c1ccc(-c2ccccc2)cc1.c1ccc(Cc2ccccc2)cc1.c1ccc(Cc2ccccc2)cc1. The molecule has 2 radical (unpaired) electrons. The predicted molar refractivity (Wildman–Crippen MR) is 375 cm³/mol. The minimum Gasteiger partial charge on any atom is -0.358 e. The van der Waals surface area contributed by atoms with Gasteiger partial charge in [-0.05, 0) is 76.3 Å². The molecule has 81 heavy (non-hydrogen) atoms. The Bertz CT molecular complexity index is 1600. The van der Waals surface area contributed by atoms with Gasteiger partial charge in [0.1, 0.15) is 0 Å². The molecule has 2 aliphatic carbocycles. The van der Waals surface area contributed by atoms with Gasteiger partial charge in [-0.2, -0.15) is 0 Å². The summed E-state index contributed by atoms with van der Waals surface area (Å²) >= 11 is 0. The third-order valence-electron chi connectivity index (χ3n) is 11.8. The Morgan fingerprint density at radius 3 is 0.605 bits per heavy atom. The summed E-state index contributed by atoms with van der Waals surface area (Å²) < 4.78 is 0. The van der Waals surface area contributed by atoms with Crippen molar-refractivity contribution in [3.05, 3.63) is 219 Å². The van der Waals surface area contributed by atoms with E-state index in [2.05, 4.69) is 211 Å². The fraction of sp³-hybridized carbons (Fsp3) is 0.519. The average molecular weight is 1260 g/mol. The summed E-state index contributed by atoms with van der Waals surface area (Å²) in [5.74, 6) is 4.01. The van der Waals surface area contributed by atoms with Crippen LogP contribution in [0.4, 0.5) is 0 Å². The van der Waals surface area contributed by atoms with E-state index < -0.39 is 0 Å². The summed E-state index contributed by atoms with van der Waals surface area (Å²) in [5, 5.41) is 0. The molecule has 0 unspecified atom stereocenters. The van der Waals surface area contributed by atoms with Crippen molar-refractivity contribution in [2.24, 2.45) is 23.7 Å². The van der Waals surface area contributed by atoms with Gasteiger partial charge in [0, 0.05) is 65.4 Å². The van der Waals surface area contributed by atoms with Crippen LogP contribution in [-0.2, 0) is 78.3 Å². The molecule has 6 aromatic rings. The molecule has 0 nitrogen and oxygen atoms in total. The van der Waals surface area contributed by atoms with E-state index in [0.29, 0.717) is 0 Å². The van der Waals surface area contributed by atoms with Crippen molar-refractivity contribution >= 4 is 0 Å². The summed E-state index contributed by atoms with van der Waals surface area (Å²) in [7, 11) is 0. The second-order valence-electron chi connectivity index (χ2n) is 17.9. The minimum atomic E-state index is 0. The molecule has 2 fully saturated rings. The molecule has 0 aromatic heterocycles. The first-order chi connectivity index (χ1) is 37.9. The first-order valence-electron chi connectivity index (χ1n) is 32.1. The Labute approximate surface area is 562 Å². The van der Waals surface area contributed by atoms with Gasteiger partial charge in [0.2, 0.25) is 0 Å². The van der Waals surface area contributed by atoms with Crippen molar-refractivity contribution in [2.75, 3.05) is 0 Å². The zero-order valence-electron chi connectivity index (χ0n) is 58.4. The molecule has 6 aromatic carbocycles. The van der Waals surface area contributed by atoms with Gasteiger partial charge in [0.15, 0.2) is 0 Å². The van der Waals surface area contributed by atoms with Gasteiger partial charge in [-0.15, -0.1) is 0 Å². The van der Waals surface area contributed by atoms with Crippen molar-refractivity contribution in [1.29, 1.82) is 0 Å². The Hall–Kier alpha value is -2.47. The van der Waals surface area contributed by atoms with Crippen LogP contribution in [0.2, 0.25) is 0 Å². The normalized spacial score (nSPS) is 10.8. The minimum absolute atomic E-state index is 0. The fourth-order valence-corrected chi connectivity index (χ4v) is 7.43. The van der Waals surface area contributed by atoms with E-state index in [0.717, 1.165) is 36.5 Å². The van der Waals surface area contributed by atoms with Crippen LogP contribution >= 0.6 is 0 Å². The molecular formula is C79H136Y2-2. The van der Waals surface area contributed by atoms with E-state index in [1.807, 2.05) is 123 Å². The third kappa shape index (κ3) is 66.5. The zero-order chi connectivity index (χ0) is 59.6. The smallest absolute Gasteiger partial charge is 0 e. The molecule has 0 spiro atoms. The number of benzene rings is 6. The Kier molecular flexibility index (Phi) is 107. The van der Waals surface area contributed by atoms with E-state index in [9.17, 15) is 0 Å². The maximum absolute atomic E-state index is 2.22. The van der Waals surface area contributed by atoms with Gasteiger partial charge in [0.05, 0.1) is 0 Å². The van der Waals surface area contributed by atoms with Crippen LogP contribution in [0.3, 0.4) is 0 Å². The second kappa shape index (κ2) is 86.3. The van der Waals surface area contributed by atoms with E-state index >= 15 is 0 Å². The average Bonchev–Trinajstić information content (AvgIpc) is 3.54. The zero-order valence-corrected chi connectivity index (χ0v) is 64.1. The Balaban J connectivity index is -0.0000000899. The van der Waals surface area contributed by atoms with Crippen molar-refractivity contribution in [2.45, 2.75) is 249 Å². The van der Waals surface area contributed by atoms with Crippen LogP contribution in [-0.4, -0.2) is 0 Å². The molecule has 2 saturated carbocycles. The van der Waals surface area contributed by atoms with Gasteiger partial charge >= 0.3 is 0 Å². The molecule has 460 valence electrons. The topological polar surface area (TPSA) is 0 Å². The van der Waals surface area contributed by atoms with Crippen LogP contribution in [0.1, 0.15) is 258 Å². The van der Waals surface area contributed by atoms with Gasteiger partial charge < -0.3 is 14.9 Å². The van der Waals surface area contributed by atoms with E-state index in [1.54, 1.807) is 32.1 Å². The van der Waals surface area contributed by atoms with Gasteiger partial charge in [-0.1, -0.05) is 411 Å². The maximum atomic E-state index is 2.22. The molecule has 0 saturated heterocycles. The molecule has 8 rings (SSSR count). The first kappa shape index (κ1) is 101. The molecule has 2 heteroatoms. The summed E-state index contributed by atoms with van der Waals surface area (Å²) in [6.45, 7) is 45.3. The standard InChI is InChI=1S/C13H24.2C13H12.C12H10.2C5H12.8C2H6.2CH3.2Y/c3*1-3-7-12(8-4-1)11-13-9-5-2-6-10-13;1-3-7-11(8-4-1)12-9-5-2-6-10-12;2*1-4-5(2)3;8*1-2;;;;/h12-13H,1-11H2;2*1-10H,11H2;1-10H;2*5H,4H2,1-3H3;8*1-2H3;2*1H3;;/q;;;;;;;;;;;;;;2*-1;;. The van der Waals surface area contributed by atoms with Crippen LogP contribution in [0, 0.1) is 38.5 Å². The monoisotopic (exact) mass is 1260 g/mol. The van der Waals surface area contributed by atoms with Crippen molar-refractivity contribution in [1.82, 2.24) is 0 Å². The Morgan fingerprint density at radius 1 is 0.284 bits per heavy atom. The number of hydrogen-bond donors (Lipinski definition) is 0. The van der Waals surface area contributed by atoms with E-state index in [4.69, 9.17) is 0 Å². The van der Waals surface area contributed by atoms with Gasteiger partial charge in [-0.25, -0.2) is 0 Å². The number of hydrogen-bond acceptors (Lipinski definition) is 0. The third-order valence-corrected chi connectivity index (χ3v) is 11.8. The molecule has 0 aliphatic heterocycles. The summed E-state index contributed by atoms with van der Waals surface area (Å²) in [4.78, 5) is 0. The summed E-state index contributed by atoms with van der Waals surface area (Å²) in [6, 6.07) is 62.9. The molecule has 0 heterocycles.